The maximum absolute atomic E-state index is 11.4. The van der Waals surface area contributed by atoms with E-state index in [0.717, 1.165) is 11.3 Å². The van der Waals surface area contributed by atoms with E-state index in [1.54, 1.807) is 0 Å². The van der Waals surface area contributed by atoms with Crippen LogP contribution in [-0.4, -0.2) is 17.2 Å². The minimum atomic E-state index is -0.0776. The van der Waals surface area contributed by atoms with Crippen molar-refractivity contribution < 1.29 is 4.79 Å². The van der Waals surface area contributed by atoms with Crippen molar-refractivity contribution in [3.05, 3.63) is 35.9 Å². The molecule has 0 amide bonds. The smallest absolute Gasteiger partial charge is 0.180 e. The molecule has 1 aromatic rings. The minimum absolute atomic E-state index is 0.0776. The fourth-order valence-electron chi connectivity index (χ4n) is 1.08. The van der Waals surface area contributed by atoms with Crippen LogP contribution in [0.25, 0.3) is 0 Å². The molecular weight excluding hydrogens is 188 g/mol. The van der Waals surface area contributed by atoms with Crippen LogP contribution in [0, 0.1) is 0 Å². The van der Waals surface area contributed by atoms with Crippen molar-refractivity contribution in [1.29, 1.82) is 0 Å². The molecule has 78 valence electrons. The Morgan fingerprint density at radius 3 is 2.07 bits per heavy atom. The Bertz CT molecular complexity index is 401. The first-order chi connectivity index (χ1) is 7.11. The van der Waals surface area contributed by atoms with Crippen molar-refractivity contribution in [3.63, 3.8) is 0 Å². The third-order valence-corrected chi connectivity index (χ3v) is 1.73. The highest BCUT2D eigenvalue weighted by atomic mass is 16.1. The molecule has 0 aromatic heterocycles. The van der Waals surface area contributed by atoms with Crippen LogP contribution in [0.15, 0.2) is 40.5 Å². The van der Waals surface area contributed by atoms with Crippen molar-refractivity contribution in [2.45, 2.75) is 20.8 Å². The molecule has 0 aliphatic heterocycles. The van der Waals surface area contributed by atoms with Crippen LogP contribution in [0.4, 0.5) is 0 Å². The maximum atomic E-state index is 11.4. The third-order valence-electron chi connectivity index (χ3n) is 1.73. The van der Waals surface area contributed by atoms with Gasteiger partial charge in [-0.1, -0.05) is 30.3 Å². The fraction of sp³-hybridized carbons (Fsp3) is 0.250. The van der Waals surface area contributed by atoms with Crippen LogP contribution in [0.1, 0.15) is 26.3 Å². The van der Waals surface area contributed by atoms with E-state index in [9.17, 15) is 4.79 Å². The summed E-state index contributed by atoms with van der Waals surface area (Å²) in [7, 11) is 0. The number of carbonyl (C=O) groups excluding carboxylic acids is 1. The highest BCUT2D eigenvalue weighted by molar-refractivity contribution is 6.45. The van der Waals surface area contributed by atoms with Crippen LogP contribution >= 0.6 is 0 Å². The van der Waals surface area contributed by atoms with Crippen LogP contribution in [0.5, 0.6) is 0 Å². The van der Waals surface area contributed by atoms with Crippen molar-refractivity contribution in [2.75, 3.05) is 0 Å². The SMILES string of the molecule is CC(=O)C(=NN=C(C)C)c1ccccc1. The highest BCUT2D eigenvalue weighted by Gasteiger charge is 2.07. The summed E-state index contributed by atoms with van der Waals surface area (Å²) >= 11 is 0. The molecule has 0 unspecified atom stereocenters. The number of ketones is 1. The summed E-state index contributed by atoms with van der Waals surface area (Å²) in [5.74, 6) is -0.0776. The second kappa shape index (κ2) is 5.20. The standard InChI is InChI=1S/C12H14N2O/c1-9(2)13-14-12(10(3)15)11-7-5-4-6-8-11/h4-8H,1-3H3. The first-order valence-electron chi connectivity index (χ1n) is 4.76. The van der Waals surface area contributed by atoms with Gasteiger partial charge in [-0.15, -0.1) is 5.10 Å². The Morgan fingerprint density at radius 1 is 1.00 bits per heavy atom. The molecule has 0 aliphatic rings. The van der Waals surface area contributed by atoms with Gasteiger partial charge >= 0.3 is 0 Å². The quantitative estimate of drug-likeness (QED) is 0.548. The summed E-state index contributed by atoms with van der Waals surface area (Å²) in [6.07, 6.45) is 0. The van der Waals surface area contributed by atoms with Gasteiger partial charge in [0.15, 0.2) is 5.78 Å². The molecule has 0 fully saturated rings. The average molecular weight is 202 g/mol. The summed E-state index contributed by atoms with van der Waals surface area (Å²) in [4.78, 5) is 11.4. The predicted molar refractivity (Wildman–Crippen MR) is 62.4 cm³/mol. The predicted octanol–water partition coefficient (Wildman–Crippen LogP) is 2.46. The van der Waals surface area contributed by atoms with E-state index in [2.05, 4.69) is 10.2 Å². The van der Waals surface area contributed by atoms with Gasteiger partial charge in [-0.3, -0.25) is 4.79 Å². The lowest BCUT2D eigenvalue weighted by atomic mass is 10.1. The first kappa shape index (κ1) is 11.3. The zero-order valence-electron chi connectivity index (χ0n) is 9.19. The average Bonchev–Trinajstić information content (AvgIpc) is 2.18. The number of benzene rings is 1. The number of hydrogen-bond donors (Lipinski definition) is 0. The summed E-state index contributed by atoms with van der Waals surface area (Å²) in [6, 6.07) is 9.34. The van der Waals surface area contributed by atoms with E-state index in [-0.39, 0.29) is 5.78 Å². The van der Waals surface area contributed by atoms with Crippen LogP contribution in [0.3, 0.4) is 0 Å². The Kier molecular flexibility index (Phi) is 3.92. The molecule has 3 heteroatoms. The number of Topliss-reactive ketones (excluding diaryl/α,β-unsaturated/α-hetero) is 1. The highest BCUT2D eigenvalue weighted by Crippen LogP contribution is 2.02. The monoisotopic (exact) mass is 202 g/mol. The lowest BCUT2D eigenvalue weighted by Gasteiger charge is -1.99. The fourth-order valence-corrected chi connectivity index (χ4v) is 1.08. The molecule has 0 saturated heterocycles. The van der Waals surface area contributed by atoms with E-state index in [0.29, 0.717) is 5.71 Å². The van der Waals surface area contributed by atoms with Gasteiger partial charge in [0, 0.05) is 18.2 Å². The topological polar surface area (TPSA) is 41.8 Å². The lowest BCUT2D eigenvalue weighted by Crippen LogP contribution is -2.11. The van der Waals surface area contributed by atoms with Gasteiger partial charge in [0.1, 0.15) is 5.71 Å². The molecule has 0 N–H and O–H groups in total. The Labute approximate surface area is 89.5 Å². The van der Waals surface area contributed by atoms with E-state index in [1.165, 1.54) is 6.92 Å². The molecule has 1 rings (SSSR count). The van der Waals surface area contributed by atoms with Gasteiger partial charge < -0.3 is 0 Å². The molecule has 0 atom stereocenters. The molecule has 1 aromatic carbocycles. The van der Waals surface area contributed by atoms with Gasteiger partial charge in [-0.2, -0.15) is 5.10 Å². The number of hydrogen-bond acceptors (Lipinski definition) is 3. The van der Waals surface area contributed by atoms with Gasteiger partial charge in [0.05, 0.1) is 0 Å². The van der Waals surface area contributed by atoms with Crippen molar-refractivity contribution in [2.24, 2.45) is 10.2 Å². The third kappa shape index (κ3) is 3.46. The number of carbonyl (C=O) groups is 1. The molecule has 0 heterocycles. The van der Waals surface area contributed by atoms with Gasteiger partial charge in [-0.25, -0.2) is 0 Å². The molecule has 0 spiro atoms. The van der Waals surface area contributed by atoms with Crippen molar-refractivity contribution in [3.8, 4) is 0 Å². The van der Waals surface area contributed by atoms with Gasteiger partial charge in [0.25, 0.3) is 0 Å². The van der Waals surface area contributed by atoms with Crippen molar-refractivity contribution in [1.82, 2.24) is 0 Å². The van der Waals surface area contributed by atoms with Crippen LogP contribution < -0.4 is 0 Å². The van der Waals surface area contributed by atoms with E-state index < -0.39 is 0 Å². The Balaban J connectivity index is 3.10. The second-order valence-corrected chi connectivity index (χ2v) is 3.42. The lowest BCUT2D eigenvalue weighted by molar-refractivity contribution is -0.111. The summed E-state index contributed by atoms with van der Waals surface area (Å²) < 4.78 is 0. The zero-order valence-corrected chi connectivity index (χ0v) is 9.19. The molecule has 0 saturated carbocycles. The normalized spacial score (nSPS) is 11.0. The molecule has 0 aliphatic carbocycles. The van der Waals surface area contributed by atoms with Crippen LogP contribution in [-0.2, 0) is 4.79 Å². The van der Waals surface area contributed by atoms with Gasteiger partial charge in [0.2, 0.25) is 0 Å². The number of rotatable bonds is 3. The maximum Gasteiger partial charge on any atom is 0.180 e. The van der Waals surface area contributed by atoms with Crippen LogP contribution in [0.2, 0.25) is 0 Å². The minimum Gasteiger partial charge on any atom is -0.293 e. The molecular formula is C12H14N2O. The largest absolute Gasteiger partial charge is 0.293 e. The Morgan fingerprint density at radius 2 is 1.60 bits per heavy atom. The van der Waals surface area contributed by atoms with E-state index in [4.69, 9.17) is 0 Å². The zero-order chi connectivity index (χ0) is 11.3. The molecule has 0 bridgehead atoms. The first-order valence-corrected chi connectivity index (χ1v) is 4.76. The molecule has 15 heavy (non-hydrogen) atoms. The Hall–Kier alpha value is -1.77. The van der Waals surface area contributed by atoms with E-state index in [1.807, 2.05) is 44.2 Å². The second-order valence-electron chi connectivity index (χ2n) is 3.42. The summed E-state index contributed by atoms with van der Waals surface area (Å²) in [5, 5.41) is 7.85. The molecule has 3 nitrogen and oxygen atoms in total. The van der Waals surface area contributed by atoms with Crippen molar-refractivity contribution >= 4 is 17.2 Å². The van der Waals surface area contributed by atoms with E-state index >= 15 is 0 Å². The van der Waals surface area contributed by atoms with Gasteiger partial charge in [-0.05, 0) is 13.8 Å². The summed E-state index contributed by atoms with van der Waals surface area (Å²) in [6.45, 7) is 5.17. The number of nitrogens with zero attached hydrogens (tertiary/aromatic N) is 2. The molecule has 0 radical (unpaired) electrons. The summed E-state index contributed by atoms with van der Waals surface area (Å²) in [5.41, 5.74) is 2.02.